The molecule has 0 aliphatic carbocycles. The molecule has 0 radical (unpaired) electrons. The monoisotopic (exact) mass is 451 g/mol. The molecule has 1 atom stereocenters. The van der Waals surface area contributed by atoms with Gasteiger partial charge in [-0.25, -0.2) is 9.97 Å². The van der Waals surface area contributed by atoms with Crippen molar-refractivity contribution in [3.63, 3.8) is 0 Å². The number of ether oxygens (including phenoxy) is 1. The van der Waals surface area contributed by atoms with Crippen LogP contribution in [-0.2, 0) is 4.79 Å². The van der Waals surface area contributed by atoms with Crippen LogP contribution in [0.2, 0.25) is 0 Å². The second-order valence-corrected chi connectivity index (χ2v) is 8.84. The molecule has 2 heterocycles. The molecule has 1 amide bonds. The van der Waals surface area contributed by atoms with E-state index in [2.05, 4.69) is 20.7 Å². The highest BCUT2D eigenvalue weighted by Gasteiger charge is 2.22. The van der Waals surface area contributed by atoms with Gasteiger partial charge in [0, 0.05) is 16.6 Å². The van der Waals surface area contributed by atoms with Gasteiger partial charge in [-0.3, -0.25) is 4.79 Å². The molecule has 0 saturated heterocycles. The first-order valence-electron chi connectivity index (χ1n) is 9.72. The van der Waals surface area contributed by atoms with Crippen LogP contribution in [0.15, 0.2) is 65.3 Å². The van der Waals surface area contributed by atoms with E-state index in [0.717, 1.165) is 32.1 Å². The van der Waals surface area contributed by atoms with Crippen molar-refractivity contribution in [2.24, 2.45) is 0 Å². The second kappa shape index (κ2) is 9.36. The minimum Gasteiger partial charge on any atom is -0.508 e. The van der Waals surface area contributed by atoms with Crippen LogP contribution in [-0.4, -0.2) is 33.3 Å². The number of phenols is 1. The molecule has 31 heavy (non-hydrogen) atoms. The van der Waals surface area contributed by atoms with Gasteiger partial charge in [-0.15, -0.1) is 11.3 Å². The van der Waals surface area contributed by atoms with Crippen LogP contribution in [0.1, 0.15) is 13.3 Å². The molecular formula is C23H21N3O3S2. The Morgan fingerprint density at radius 3 is 2.58 bits per heavy atom. The van der Waals surface area contributed by atoms with E-state index in [1.54, 1.807) is 49.0 Å². The highest BCUT2D eigenvalue weighted by Crippen LogP contribution is 2.40. The summed E-state index contributed by atoms with van der Waals surface area (Å²) >= 11 is 3.00. The van der Waals surface area contributed by atoms with Crippen molar-refractivity contribution in [3.8, 4) is 22.6 Å². The number of phenolic OH excluding ortho intramolecular Hbond substituents is 1. The predicted octanol–water partition coefficient (Wildman–Crippen LogP) is 5.58. The number of thiophene rings is 1. The van der Waals surface area contributed by atoms with Gasteiger partial charge in [-0.2, -0.15) is 0 Å². The lowest BCUT2D eigenvalue weighted by Crippen LogP contribution is -2.24. The molecule has 2 aromatic heterocycles. The van der Waals surface area contributed by atoms with Gasteiger partial charge in [-0.05, 0) is 48.4 Å². The lowest BCUT2D eigenvalue weighted by Gasteiger charge is -2.15. The van der Waals surface area contributed by atoms with Gasteiger partial charge in [0.05, 0.1) is 17.7 Å². The number of aromatic nitrogens is 2. The van der Waals surface area contributed by atoms with E-state index in [0.29, 0.717) is 12.1 Å². The van der Waals surface area contributed by atoms with Gasteiger partial charge >= 0.3 is 0 Å². The van der Waals surface area contributed by atoms with Crippen molar-refractivity contribution in [3.05, 3.63) is 60.2 Å². The summed E-state index contributed by atoms with van der Waals surface area (Å²) in [5, 5.41) is 15.8. The van der Waals surface area contributed by atoms with Crippen molar-refractivity contribution < 1.29 is 14.6 Å². The summed E-state index contributed by atoms with van der Waals surface area (Å²) in [6.07, 6.45) is 2.19. The average molecular weight is 452 g/mol. The first-order valence-corrected chi connectivity index (χ1v) is 11.5. The highest BCUT2D eigenvalue weighted by molar-refractivity contribution is 8.00. The number of aromatic hydroxyl groups is 1. The van der Waals surface area contributed by atoms with Gasteiger partial charge in [0.25, 0.3) is 0 Å². The number of carbonyl (C=O) groups is 1. The van der Waals surface area contributed by atoms with Crippen LogP contribution in [0, 0.1) is 0 Å². The second-order valence-electron chi connectivity index (χ2n) is 6.79. The topological polar surface area (TPSA) is 84.3 Å². The van der Waals surface area contributed by atoms with Crippen LogP contribution in [0.5, 0.6) is 11.5 Å². The van der Waals surface area contributed by atoms with Gasteiger partial charge in [0.2, 0.25) is 5.91 Å². The number of hydrogen-bond donors (Lipinski definition) is 2. The minimum atomic E-state index is -0.324. The van der Waals surface area contributed by atoms with Crippen molar-refractivity contribution in [1.29, 1.82) is 0 Å². The summed E-state index contributed by atoms with van der Waals surface area (Å²) in [4.78, 5) is 22.7. The molecular weight excluding hydrogens is 430 g/mol. The van der Waals surface area contributed by atoms with Crippen molar-refractivity contribution in [2.45, 2.75) is 23.6 Å². The van der Waals surface area contributed by atoms with E-state index in [-0.39, 0.29) is 16.9 Å². The van der Waals surface area contributed by atoms with Crippen LogP contribution < -0.4 is 10.1 Å². The minimum absolute atomic E-state index is 0.105. The molecule has 2 aromatic carbocycles. The molecule has 6 nitrogen and oxygen atoms in total. The third-order valence-electron chi connectivity index (χ3n) is 4.79. The molecule has 0 aliphatic heterocycles. The Bertz CT molecular complexity index is 1190. The fourth-order valence-corrected chi connectivity index (χ4v) is 5.16. The summed E-state index contributed by atoms with van der Waals surface area (Å²) in [5.41, 5.74) is 2.73. The molecule has 0 bridgehead atoms. The van der Waals surface area contributed by atoms with E-state index in [1.165, 1.54) is 11.8 Å². The lowest BCUT2D eigenvalue weighted by molar-refractivity contribution is -0.115. The smallest absolute Gasteiger partial charge is 0.237 e. The zero-order chi connectivity index (χ0) is 21.8. The van der Waals surface area contributed by atoms with E-state index in [4.69, 9.17) is 4.74 Å². The Balaban J connectivity index is 1.62. The maximum atomic E-state index is 12.9. The standard InChI is InChI=1S/C23H21N3O3S2/c1-3-19(21(28)26-15-6-8-16(27)9-7-15)31-23-20-18(12-30-22(20)24-13-25-23)14-4-10-17(29-2)11-5-14/h4-13,19,27H,3H2,1-2H3,(H,26,28). The Morgan fingerprint density at radius 1 is 1.16 bits per heavy atom. The molecule has 0 spiro atoms. The Labute approximate surface area is 188 Å². The molecule has 8 heteroatoms. The maximum absolute atomic E-state index is 12.9. The van der Waals surface area contributed by atoms with Gasteiger partial charge in [-0.1, -0.05) is 30.8 Å². The van der Waals surface area contributed by atoms with Gasteiger partial charge < -0.3 is 15.2 Å². The Morgan fingerprint density at radius 2 is 1.90 bits per heavy atom. The molecule has 0 fully saturated rings. The number of carbonyl (C=O) groups excluding carboxylic acids is 1. The average Bonchev–Trinajstić information content (AvgIpc) is 3.24. The number of nitrogens with one attached hydrogen (secondary N) is 1. The fourth-order valence-electron chi connectivity index (χ4n) is 3.14. The molecule has 158 valence electrons. The maximum Gasteiger partial charge on any atom is 0.237 e. The number of benzene rings is 2. The zero-order valence-corrected chi connectivity index (χ0v) is 18.7. The number of anilines is 1. The van der Waals surface area contributed by atoms with Crippen molar-refractivity contribution in [1.82, 2.24) is 9.97 Å². The highest BCUT2D eigenvalue weighted by atomic mass is 32.2. The number of nitrogens with zero attached hydrogens (tertiary/aromatic N) is 2. The molecule has 0 aliphatic rings. The third kappa shape index (κ3) is 4.65. The van der Waals surface area contributed by atoms with E-state index in [1.807, 2.05) is 31.2 Å². The Hall–Kier alpha value is -3.10. The molecule has 4 aromatic rings. The Kier molecular flexibility index (Phi) is 6.39. The third-order valence-corrected chi connectivity index (χ3v) is 7.04. The van der Waals surface area contributed by atoms with Crippen molar-refractivity contribution in [2.75, 3.05) is 12.4 Å². The number of amides is 1. The number of hydrogen-bond acceptors (Lipinski definition) is 7. The van der Waals surface area contributed by atoms with Gasteiger partial charge in [0.1, 0.15) is 27.7 Å². The lowest BCUT2D eigenvalue weighted by atomic mass is 10.1. The van der Waals surface area contributed by atoms with Crippen LogP contribution in [0.3, 0.4) is 0 Å². The van der Waals surface area contributed by atoms with Gasteiger partial charge in [0.15, 0.2) is 0 Å². The predicted molar refractivity (Wildman–Crippen MR) is 126 cm³/mol. The summed E-state index contributed by atoms with van der Waals surface area (Å²) in [6.45, 7) is 1.98. The van der Waals surface area contributed by atoms with Crippen LogP contribution >= 0.6 is 23.1 Å². The number of methoxy groups -OCH3 is 1. The number of rotatable bonds is 7. The van der Waals surface area contributed by atoms with E-state index in [9.17, 15) is 9.90 Å². The summed E-state index contributed by atoms with van der Waals surface area (Å²) in [7, 11) is 1.64. The van der Waals surface area contributed by atoms with E-state index < -0.39 is 0 Å². The summed E-state index contributed by atoms with van der Waals surface area (Å²) in [5.74, 6) is 0.851. The fraction of sp³-hybridized carbons (Fsp3) is 0.174. The van der Waals surface area contributed by atoms with Crippen LogP contribution in [0.25, 0.3) is 21.3 Å². The summed E-state index contributed by atoms with van der Waals surface area (Å²) in [6, 6.07) is 14.3. The zero-order valence-electron chi connectivity index (χ0n) is 17.0. The SMILES string of the molecule is CCC(Sc1ncnc2scc(-c3ccc(OC)cc3)c12)C(=O)Nc1ccc(O)cc1. The van der Waals surface area contributed by atoms with Crippen LogP contribution in [0.4, 0.5) is 5.69 Å². The normalized spacial score (nSPS) is 11.9. The molecule has 1 unspecified atom stereocenters. The van der Waals surface area contributed by atoms with E-state index >= 15 is 0 Å². The molecule has 4 rings (SSSR count). The van der Waals surface area contributed by atoms with Crippen molar-refractivity contribution >= 4 is 44.9 Å². The number of fused-ring (bicyclic) bond motifs is 1. The summed E-state index contributed by atoms with van der Waals surface area (Å²) < 4.78 is 5.26. The first kappa shape index (κ1) is 21.1. The largest absolute Gasteiger partial charge is 0.508 e. The molecule has 2 N–H and O–H groups in total. The quantitative estimate of drug-likeness (QED) is 0.217. The number of thioether (sulfide) groups is 1. The first-order chi connectivity index (χ1) is 15.1. The molecule has 0 saturated carbocycles.